The number of nitrogens with one attached hydrogen (secondary N) is 1. The van der Waals surface area contributed by atoms with Gasteiger partial charge in [-0.15, -0.1) is 0 Å². The van der Waals surface area contributed by atoms with Gasteiger partial charge >= 0.3 is 0 Å². The summed E-state index contributed by atoms with van der Waals surface area (Å²) in [6, 6.07) is 7.55. The first kappa shape index (κ1) is 13.4. The molecule has 1 fully saturated rings. The zero-order valence-corrected chi connectivity index (χ0v) is 12.2. The summed E-state index contributed by atoms with van der Waals surface area (Å²) in [5.74, 6) is -0.0231. The van der Waals surface area contributed by atoms with E-state index in [2.05, 4.69) is 5.32 Å². The van der Waals surface area contributed by atoms with Crippen molar-refractivity contribution in [3.8, 4) is 0 Å². The Bertz CT molecular complexity index is 642. The van der Waals surface area contributed by atoms with Crippen LogP contribution in [0.15, 0.2) is 24.3 Å². The van der Waals surface area contributed by atoms with Crippen molar-refractivity contribution in [1.82, 2.24) is 4.90 Å². The van der Waals surface area contributed by atoms with Gasteiger partial charge in [0.05, 0.1) is 17.4 Å². The van der Waals surface area contributed by atoms with Gasteiger partial charge in [0, 0.05) is 24.8 Å². The SMILES string of the molecule is CC1CS(=O)(=O)CCN1C(=O)C1CNc2ccccc21. The molecule has 5 nitrogen and oxygen atoms in total. The predicted octanol–water partition coefficient (Wildman–Crippen LogP) is 0.841. The number of fused-ring (bicyclic) bond motifs is 1. The highest BCUT2D eigenvalue weighted by Crippen LogP contribution is 2.33. The minimum atomic E-state index is -2.99. The van der Waals surface area contributed by atoms with E-state index in [0.717, 1.165) is 11.3 Å². The van der Waals surface area contributed by atoms with Gasteiger partial charge in [-0.2, -0.15) is 0 Å². The van der Waals surface area contributed by atoms with Crippen LogP contribution in [-0.2, 0) is 14.6 Å². The standard InChI is InChI=1S/C14H18N2O3S/c1-10-9-20(18,19)7-6-16(10)14(17)12-8-15-13-5-3-2-4-11(12)13/h2-5,10,12,15H,6-9H2,1H3. The smallest absolute Gasteiger partial charge is 0.232 e. The number of para-hydroxylation sites is 1. The number of carbonyl (C=O) groups excluding carboxylic acids is 1. The Morgan fingerprint density at radius 2 is 2.10 bits per heavy atom. The minimum absolute atomic E-state index is 0.0323. The maximum Gasteiger partial charge on any atom is 0.232 e. The number of anilines is 1. The van der Waals surface area contributed by atoms with Gasteiger partial charge in [-0.25, -0.2) is 8.42 Å². The van der Waals surface area contributed by atoms with Crippen molar-refractivity contribution in [2.24, 2.45) is 0 Å². The number of sulfone groups is 1. The van der Waals surface area contributed by atoms with Crippen molar-refractivity contribution in [2.45, 2.75) is 18.9 Å². The van der Waals surface area contributed by atoms with Crippen LogP contribution in [0.4, 0.5) is 5.69 Å². The van der Waals surface area contributed by atoms with Gasteiger partial charge in [-0.3, -0.25) is 4.79 Å². The van der Waals surface area contributed by atoms with Crippen LogP contribution in [0.1, 0.15) is 18.4 Å². The third-order valence-electron chi connectivity index (χ3n) is 4.08. The number of rotatable bonds is 1. The highest BCUT2D eigenvalue weighted by molar-refractivity contribution is 7.91. The molecule has 2 unspecified atom stereocenters. The summed E-state index contributed by atoms with van der Waals surface area (Å²) >= 11 is 0. The van der Waals surface area contributed by atoms with Gasteiger partial charge in [0.2, 0.25) is 5.91 Å². The predicted molar refractivity (Wildman–Crippen MR) is 77.5 cm³/mol. The summed E-state index contributed by atoms with van der Waals surface area (Å²) < 4.78 is 23.2. The lowest BCUT2D eigenvalue weighted by atomic mass is 9.99. The fourth-order valence-corrected chi connectivity index (χ4v) is 4.59. The molecule has 1 N–H and O–H groups in total. The molecule has 3 rings (SSSR count). The summed E-state index contributed by atoms with van der Waals surface area (Å²) in [5, 5.41) is 3.24. The fraction of sp³-hybridized carbons (Fsp3) is 0.500. The van der Waals surface area contributed by atoms with Crippen molar-refractivity contribution in [3.63, 3.8) is 0 Å². The summed E-state index contributed by atoms with van der Waals surface area (Å²) in [6.45, 7) is 2.71. The molecule has 2 heterocycles. The second-order valence-electron chi connectivity index (χ2n) is 5.52. The molecule has 0 aromatic heterocycles. The molecular weight excluding hydrogens is 276 g/mol. The lowest BCUT2D eigenvalue weighted by Gasteiger charge is -2.34. The highest BCUT2D eigenvalue weighted by Gasteiger charge is 2.37. The summed E-state index contributed by atoms with van der Waals surface area (Å²) in [5.41, 5.74) is 2.02. The first-order valence-electron chi connectivity index (χ1n) is 6.81. The van der Waals surface area contributed by atoms with Crippen molar-refractivity contribution in [2.75, 3.05) is 29.9 Å². The third kappa shape index (κ3) is 2.28. The van der Waals surface area contributed by atoms with E-state index in [9.17, 15) is 13.2 Å². The molecule has 1 aromatic carbocycles. The Kier molecular flexibility index (Phi) is 3.20. The van der Waals surface area contributed by atoms with Gasteiger partial charge in [-0.05, 0) is 18.6 Å². The molecule has 0 bridgehead atoms. The van der Waals surface area contributed by atoms with Gasteiger partial charge < -0.3 is 10.2 Å². The number of benzene rings is 1. The van der Waals surface area contributed by atoms with E-state index in [0.29, 0.717) is 13.1 Å². The lowest BCUT2D eigenvalue weighted by molar-refractivity contribution is -0.133. The van der Waals surface area contributed by atoms with Crippen LogP contribution in [-0.4, -0.2) is 49.9 Å². The monoisotopic (exact) mass is 294 g/mol. The van der Waals surface area contributed by atoms with Crippen molar-refractivity contribution in [3.05, 3.63) is 29.8 Å². The van der Waals surface area contributed by atoms with Crippen LogP contribution in [0.3, 0.4) is 0 Å². The molecule has 2 aliphatic heterocycles. The Balaban J connectivity index is 1.81. The van der Waals surface area contributed by atoms with Crippen LogP contribution < -0.4 is 5.32 Å². The Labute approximate surface area is 118 Å². The van der Waals surface area contributed by atoms with E-state index in [4.69, 9.17) is 0 Å². The van der Waals surface area contributed by atoms with E-state index < -0.39 is 9.84 Å². The number of amides is 1. The summed E-state index contributed by atoms with van der Waals surface area (Å²) in [4.78, 5) is 14.4. The molecule has 6 heteroatoms. The molecule has 2 aliphatic rings. The van der Waals surface area contributed by atoms with Crippen LogP contribution in [0.25, 0.3) is 0 Å². The lowest BCUT2D eigenvalue weighted by Crippen LogP contribution is -2.51. The Hall–Kier alpha value is -1.56. The average Bonchev–Trinajstić information content (AvgIpc) is 2.80. The molecule has 1 aromatic rings. The normalized spacial score (nSPS) is 27.8. The van der Waals surface area contributed by atoms with Crippen molar-refractivity contribution in [1.29, 1.82) is 0 Å². The molecule has 1 amide bonds. The zero-order valence-electron chi connectivity index (χ0n) is 11.4. The molecular formula is C14H18N2O3S. The quantitative estimate of drug-likeness (QED) is 0.833. The maximum atomic E-state index is 12.7. The second kappa shape index (κ2) is 4.77. The number of carbonyl (C=O) groups is 1. The molecule has 108 valence electrons. The number of hydrogen-bond donors (Lipinski definition) is 1. The van der Waals surface area contributed by atoms with Gasteiger partial charge in [0.1, 0.15) is 0 Å². The van der Waals surface area contributed by atoms with Crippen LogP contribution in [0, 0.1) is 0 Å². The molecule has 0 spiro atoms. The molecule has 20 heavy (non-hydrogen) atoms. The van der Waals surface area contributed by atoms with E-state index in [1.54, 1.807) is 4.90 Å². The molecule has 2 atom stereocenters. The largest absolute Gasteiger partial charge is 0.384 e. The van der Waals surface area contributed by atoms with Crippen LogP contribution in [0.5, 0.6) is 0 Å². The highest BCUT2D eigenvalue weighted by atomic mass is 32.2. The minimum Gasteiger partial charge on any atom is -0.384 e. The number of hydrogen-bond acceptors (Lipinski definition) is 4. The van der Waals surface area contributed by atoms with Crippen molar-refractivity contribution < 1.29 is 13.2 Å². The van der Waals surface area contributed by atoms with E-state index in [1.807, 2.05) is 31.2 Å². The average molecular weight is 294 g/mol. The van der Waals surface area contributed by atoms with Gasteiger partial charge in [-0.1, -0.05) is 18.2 Å². The summed E-state index contributed by atoms with van der Waals surface area (Å²) in [7, 11) is -2.99. The first-order chi connectivity index (χ1) is 9.48. The zero-order chi connectivity index (χ0) is 14.3. The van der Waals surface area contributed by atoms with Gasteiger partial charge in [0.15, 0.2) is 9.84 Å². The second-order valence-corrected chi connectivity index (χ2v) is 7.74. The molecule has 0 saturated carbocycles. The van der Waals surface area contributed by atoms with Crippen LogP contribution in [0.2, 0.25) is 0 Å². The fourth-order valence-electron chi connectivity index (χ4n) is 3.03. The molecule has 0 aliphatic carbocycles. The summed E-state index contributed by atoms with van der Waals surface area (Å²) in [6.07, 6.45) is 0. The molecule has 1 saturated heterocycles. The molecule has 0 radical (unpaired) electrons. The Morgan fingerprint density at radius 1 is 1.35 bits per heavy atom. The van der Waals surface area contributed by atoms with E-state index >= 15 is 0 Å². The first-order valence-corrected chi connectivity index (χ1v) is 8.64. The Morgan fingerprint density at radius 3 is 2.85 bits per heavy atom. The van der Waals surface area contributed by atoms with E-state index in [-0.39, 0.29) is 29.4 Å². The number of nitrogens with zero attached hydrogens (tertiary/aromatic N) is 1. The van der Waals surface area contributed by atoms with Gasteiger partial charge in [0.25, 0.3) is 0 Å². The maximum absolute atomic E-state index is 12.7. The topological polar surface area (TPSA) is 66.5 Å². The third-order valence-corrected chi connectivity index (χ3v) is 5.88. The van der Waals surface area contributed by atoms with Crippen molar-refractivity contribution >= 4 is 21.4 Å². The van der Waals surface area contributed by atoms with E-state index in [1.165, 1.54) is 0 Å². The van der Waals surface area contributed by atoms with Crippen LogP contribution >= 0.6 is 0 Å².